The first-order valence-corrected chi connectivity index (χ1v) is 5.41. The molecule has 0 atom stereocenters. The van der Waals surface area contributed by atoms with Crippen molar-refractivity contribution in [1.29, 1.82) is 5.26 Å². The lowest BCUT2D eigenvalue weighted by Gasteiger charge is -2.18. The Morgan fingerprint density at radius 3 is 2.87 bits per heavy atom. The summed E-state index contributed by atoms with van der Waals surface area (Å²) in [5, 5.41) is 9.00. The predicted octanol–water partition coefficient (Wildman–Crippen LogP) is 2.46. The minimum Gasteiger partial charge on any atom is -0.323 e. The normalized spacial score (nSPS) is 10.9. The van der Waals surface area contributed by atoms with Crippen molar-refractivity contribution in [3.05, 3.63) is 30.1 Å². The molecule has 0 radical (unpaired) electrons. The fourth-order valence-corrected chi connectivity index (χ4v) is 1.61. The van der Waals surface area contributed by atoms with Crippen LogP contribution in [0.2, 0.25) is 0 Å². The maximum Gasteiger partial charge on any atom is 0.208 e. The SMILES string of the molecule is CSC(=NC#N)N(C)c1cccc(F)c1. The van der Waals surface area contributed by atoms with Gasteiger partial charge >= 0.3 is 0 Å². The average molecular weight is 223 g/mol. The number of amidine groups is 1. The maximum atomic E-state index is 12.9. The Labute approximate surface area is 92.2 Å². The van der Waals surface area contributed by atoms with Crippen molar-refractivity contribution in [3.63, 3.8) is 0 Å². The minimum absolute atomic E-state index is 0.309. The molecule has 0 N–H and O–H groups in total. The van der Waals surface area contributed by atoms with E-state index in [0.717, 1.165) is 0 Å². The number of halogens is 1. The van der Waals surface area contributed by atoms with Crippen LogP contribution in [0, 0.1) is 17.3 Å². The molecule has 1 aromatic rings. The van der Waals surface area contributed by atoms with E-state index >= 15 is 0 Å². The van der Waals surface area contributed by atoms with Crippen LogP contribution in [-0.4, -0.2) is 18.5 Å². The molecule has 15 heavy (non-hydrogen) atoms. The van der Waals surface area contributed by atoms with Gasteiger partial charge in [0, 0.05) is 12.7 Å². The molecule has 5 heteroatoms. The summed E-state index contributed by atoms with van der Waals surface area (Å²) in [5.41, 5.74) is 0.665. The molecule has 0 saturated carbocycles. The molecule has 0 fully saturated rings. The van der Waals surface area contributed by atoms with Crippen LogP contribution in [0.25, 0.3) is 0 Å². The van der Waals surface area contributed by atoms with Crippen LogP contribution in [0.15, 0.2) is 29.3 Å². The van der Waals surface area contributed by atoms with Gasteiger partial charge in [0.25, 0.3) is 0 Å². The van der Waals surface area contributed by atoms with Gasteiger partial charge in [-0.05, 0) is 24.5 Å². The van der Waals surface area contributed by atoms with Crippen molar-refractivity contribution in [2.45, 2.75) is 0 Å². The number of rotatable bonds is 1. The third kappa shape index (κ3) is 2.96. The van der Waals surface area contributed by atoms with Crippen molar-refractivity contribution in [1.82, 2.24) is 0 Å². The summed E-state index contributed by atoms with van der Waals surface area (Å²) >= 11 is 1.33. The standard InChI is InChI=1S/C10H10FN3S/c1-14(10(15-2)13-7-12)9-5-3-4-8(11)6-9/h3-6H,1-2H3. The molecule has 0 aromatic heterocycles. The molecule has 78 valence electrons. The summed E-state index contributed by atoms with van der Waals surface area (Å²) < 4.78 is 12.9. The van der Waals surface area contributed by atoms with Gasteiger partial charge in [-0.3, -0.25) is 0 Å². The number of anilines is 1. The zero-order valence-electron chi connectivity index (χ0n) is 8.44. The van der Waals surface area contributed by atoms with Gasteiger partial charge in [-0.25, -0.2) is 4.39 Å². The molecule has 0 aliphatic heterocycles. The van der Waals surface area contributed by atoms with Crippen molar-refractivity contribution in [3.8, 4) is 6.19 Å². The Hall–Kier alpha value is -1.54. The van der Waals surface area contributed by atoms with Gasteiger partial charge in [0.05, 0.1) is 0 Å². The Bertz CT molecular complexity index is 411. The van der Waals surface area contributed by atoms with E-state index in [1.54, 1.807) is 30.3 Å². The van der Waals surface area contributed by atoms with Crippen LogP contribution in [0.4, 0.5) is 10.1 Å². The molecular weight excluding hydrogens is 213 g/mol. The molecule has 0 aliphatic carbocycles. The van der Waals surface area contributed by atoms with E-state index < -0.39 is 0 Å². The highest BCUT2D eigenvalue weighted by Crippen LogP contribution is 2.17. The van der Waals surface area contributed by atoms with Crippen LogP contribution < -0.4 is 4.90 Å². The van der Waals surface area contributed by atoms with E-state index in [2.05, 4.69) is 4.99 Å². The van der Waals surface area contributed by atoms with E-state index in [0.29, 0.717) is 10.9 Å². The van der Waals surface area contributed by atoms with Crippen molar-refractivity contribution >= 4 is 22.6 Å². The molecule has 3 nitrogen and oxygen atoms in total. The Morgan fingerprint density at radius 2 is 2.33 bits per heavy atom. The highest BCUT2D eigenvalue weighted by molar-refractivity contribution is 8.13. The number of thioether (sulfide) groups is 1. The van der Waals surface area contributed by atoms with Crippen molar-refractivity contribution < 1.29 is 4.39 Å². The number of hydrogen-bond donors (Lipinski definition) is 0. The third-order valence-corrected chi connectivity index (χ3v) is 2.54. The smallest absolute Gasteiger partial charge is 0.208 e. The van der Waals surface area contributed by atoms with Crippen molar-refractivity contribution in [2.75, 3.05) is 18.2 Å². The van der Waals surface area contributed by atoms with E-state index in [4.69, 9.17) is 5.26 Å². The van der Waals surface area contributed by atoms with Gasteiger partial charge in [0.1, 0.15) is 5.82 Å². The molecular formula is C10H10FN3S. The zero-order chi connectivity index (χ0) is 11.3. The second-order valence-electron chi connectivity index (χ2n) is 2.74. The first-order chi connectivity index (χ1) is 7.19. The number of aliphatic imine (C=N–C) groups is 1. The van der Waals surface area contributed by atoms with Gasteiger partial charge in [-0.2, -0.15) is 5.26 Å². The van der Waals surface area contributed by atoms with E-state index in [1.807, 2.05) is 6.26 Å². The number of nitriles is 1. The summed E-state index contributed by atoms with van der Waals surface area (Å²) in [5.74, 6) is -0.309. The lowest BCUT2D eigenvalue weighted by molar-refractivity contribution is 0.628. The summed E-state index contributed by atoms with van der Waals surface area (Å²) in [6, 6.07) is 6.14. The number of benzene rings is 1. The van der Waals surface area contributed by atoms with Gasteiger partial charge in [0.15, 0.2) is 5.17 Å². The van der Waals surface area contributed by atoms with Crippen LogP contribution in [0.3, 0.4) is 0 Å². The minimum atomic E-state index is -0.309. The molecule has 0 spiro atoms. The molecule has 0 aliphatic rings. The molecule has 1 aromatic carbocycles. The summed E-state index contributed by atoms with van der Waals surface area (Å²) in [4.78, 5) is 5.30. The molecule has 0 heterocycles. The average Bonchev–Trinajstić information content (AvgIpc) is 2.25. The fourth-order valence-electron chi connectivity index (χ4n) is 1.10. The molecule has 0 bridgehead atoms. The second-order valence-corrected chi connectivity index (χ2v) is 3.51. The largest absolute Gasteiger partial charge is 0.323 e. The van der Waals surface area contributed by atoms with Gasteiger partial charge in [-0.15, -0.1) is 4.99 Å². The monoisotopic (exact) mass is 223 g/mol. The molecule has 0 saturated heterocycles. The number of hydrogen-bond acceptors (Lipinski definition) is 3. The molecule has 1 rings (SSSR count). The Morgan fingerprint density at radius 1 is 1.60 bits per heavy atom. The van der Waals surface area contributed by atoms with Gasteiger partial charge in [0.2, 0.25) is 6.19 Å². The molecule has 0 unspecified atom stereocenters. The van der Waals surface area contributed by atoms with E-state index in [9.17, 15) is 4.39 Å². The maximum absolute atomic E-state index is 12.9. The Balaban J connectivity index is 2.98. The predicted molar refractivity (Wildman–Crippen MR) is 61.4 cm³/mol. The topological polar surface area (TPSA) is 39.4 Å². The number of nitrogens with zero attached hydrogens (tertiary/aromatic N) is 3. The Kier molecular flexibility index (Phi) is 4.13. The summed E-state index contributed by atoms with van der Waals surface area (Å²) in [6.07, 6.45) is 3.53. The van der Waals surface area contributed by atoms with Crippen LogP contribution >= 0.6 is 11.8 Å². The van der Waals surface area contributed by atoms with E-state index in [1.165, 1.54) is 23.9 Å². The van der Waals surface area contributed by atoms with Crippen LogP contribution in [0.1, 0.15) is 0 Å². The van der Waals surface area contributed by atoms with Crippen LogP contribution in [0.5, 0.6) is 0 Å². The molecule has 0 amide bonds. The lowest BCUT2D eigenvalue weighted by Crippen LogP contribution is -2.23. The van der Waals surface area contributed by atoms with Gasteiger partial charge in [-0.1, -0.05) is 17.8 Å². The quantitative estimate of drug-likeness (QED) is 0.417. The van der Waals surface area contributed by atoms with E-state index in [-0.39, 0.29) is 5.82 Å². The first-order valence-electron chi connectivity index (χ1n) is 4.19. The summed E-state index contributed by atoms with van der Waals surface area (Å²) in [6.45, 7) is 0. The second kappa shape index (κ2) is 5.37. The fraction of sp³-hybridized carbons (Fsp3) is 0.200. The lowest BCUT2D eigenvalue weighted by atomic mass is 10.3. The third-order valence-electron chi connectivity index (χ3n) is 1.81. The summed E-state index contributed by atoms with van der Waals surface area (Å²) in [7, 11) is 1.74. The zero-order valence-corrected chi connectivity index (χ0v) is 9.25. The van der Waals surface area contributed by atoms with Crippen molar-refractivity contribution in [2.24, 2.45) is 4.99 Å². The van der Waals surface area contributed by atoms with Gasteiger partial charge < -0.3 is 4.90 Å². The highest BCUT2D eigenvalue weighted by Gasteiger charge is 2.08. The van der Waals surface area contributed by atoms with Crippen LogP contribution in [-0.2, 0) is 0 Å². The highest BCUT2D eigenvalue weighted by atomic mass is 32.2. The first kappa shape index (κ1) is 11.5.